The number of hydrogen-bond donors (Lipinski definition) is 2. The van der Waals surface area contributed by atoms with Crippen LogP contribution in [0.25, 0.3) is 0 Å². The molecule has 1 saturated carbocycles. The number of hydrogen-bond acceptors (Lipinski definition) is 3. The normalized spacial score (nSPS) is 23.4. The predicted octanol–water partition coefficient (Wildman–Crippen LogP) is 1.73. The van der Waals surface area contributed by atoms with Gasteiger partial charge < -0.3 is 15.2 Å². The summed E-state index contributed by atoms with van der Waals surface area (Å²) in [5.74, 6) is 0.649. The second kappa shape index (κ2) is 5.87. The van der Waals surface area contributed by atoms with Gasteiger partial charge in [-0.3, -0.25) is 4.79 Å². The van der Waals surface area contributed by atoms with E-state index < -0.39 is 0 Å². The molecule has 2 atom stereocenters. The summed E-state index contributed by atoms with van der Waals surface area (Å²) in [6, 6.07) is 7.11. The molecular weight excluding hydrogens is 230 g/mol. The summed E-state index contributed by atoms with van der Waals surface area (Å²) in [5.41, 5.74) is 0.621. The predicted molar refractivity (Wildman–Crippen MR) is 68.7 cm³/mol. The first-order chi connectivity index (χ1) is 8.69. The monoisotopic (exact) mass is 249 g/mol. The molecule has 0 aliphatic heterocycles. The second-order valence-electron chi connectivity index (χ2n) is 4.72. The van der Waals surface area contributed by atoms with Gasteiger partial charge in [-0.2, -0.15) is 0 Å². The van der Waals surface area contributed by atoms with E-state index in [0.29, 0.717) is 12.0 Å². The van der Waals surface area contributed by atoms with Crippen LogP contribution in [-0.4, -0.2) is 30.3 Å². The van der Waals surface area contributed by atoms with Crippen molar-refractivity contribution in [3.63, 3.8) is 0 Å². The summed E-state index contributed by atoms with van der Waals surface area (Å²) in [5, 5.41) is 12.5. The first-order valence-electron chi connectivity index (χ1n) is 6.32. The number of benzene rings is 1. The van der Waals surface area contributed by atoms with Gasteiger partial charge in [-0.1, -0.05) is 0 Å². The zero-order valence-electron chi connectivity index (χ0n) is 10.6. The lowest BCUT2D eigenvalue weighted by molar-refractivity contribution is 0.0850. The SMILES string of the molecule is COc1ccc(C(=O)N[C@H]2CCC[C@H](O)C2)cc1. The Balaban J connectivity index is 1.94. The quantitative estimate of drug-likeness (QED) is 0.857. The lowest BCUT2D eigenvalue weighted by atomic mass is 9.93. The molecule has 1 amide bonds. The van der Waals surface area contributed by atoms with Crippen LogP contribution in [0.4, 0.5) is 0 Å². The molecule has 0 heterocycles. The van der Waals surface area contributed by atoms with Crippen molar-refractivity contribution in [3.05, 3.63) is 29.8 Å². The second-order valence-corrected chi connectivity index (χ2v) is 4.72. The average Bonchev–Trinajstić information content (AvgIpc) is 2.39. The third-order valence-corrected chi connectivity index (χ3v) is 3.33. The van der Waals surface area contributed by atoms with Crippen molar-refractivity contribution < 1.29 is 14.6 Å². The fraction of sp³-hybridized carbons (Fsp3) is 0.500. The van der Waals surface area contributed by atoms with Crippen LogP contribution in [0, 0.1) is 0 Å². The fourth-order valence-electron chi connectivity index (χ4n) is 2.31. The zero-order valence-corrected chi connectivity index (χ0v) is 10.6. The van der Waals surface area contributed by atoms with Crippen molar-refractivity contribution in [2.75, 3.05) is 7.11 Å². The van der Waals surface area contributed by atoms with Gasteiger partial charge in [0.15, 0.2) is 0 Å². The zero-order chi connectivity index (χ0) is 13.0. The molecule has 98 valence electrons. The van der Waals surface area contributed by atoms with E-state index in [4.69, 9.17) is 4.74 Å². The van der Waals surface area contributed by atoms with Gasteiger partial charge in [0.25, 0.3) is 5.91 Å². The van der Waals surface area contributed by atoms with Crippen molar-refractivity contribution in [3.8, 4) is 5.75 Å². The first kappa shape index (κ1) is 12.9. The average molecular weight is 249 g/mol. The Morgan fingerprint density at radius 3 is 2.67 bits per heavy atom. The highest BCUT2D eigenvalue weighted by atomic mass is 16.5. The molecular formula is C14H19NO3. The van der Waals surface area contributed by atoms with Crippen molar-refractivity contribution in [1.82, 2.24) is 5.32 Å². The minimum Gasteiger partial charge on any atom is -0.497 e. The standard InChI is InChI=1S/C14H19NO3/c1-18-13-7-5-10(6-8-13)14(17)15-11-3-2-4-12(16)9-11/h5-8,11-12,16H,2-4,9H2,1H3,(H,15,17)/t11-,12-/m0/s1. The molecule has 4 heteroatoms. The van der Waals surface area contributed by atoms with E-state index in [2.05, 4.69) is 5.32 Å². The molecule has 1 aromatic carbocycles. The Hall–Kier alpha value is -1.55. The third-order valence-electron chi connectivity index (χ3n) is 3.33. The molecule has 4 nitrogen and oxygen atoms in total. The summed E-state index contributed by atoms with van der Waals surface area (Å²) in [7, 11) is 1.60. The molecule has 0 spiro atoms. The van der Waals surface area contributed by atoms with Crippen LogP contribution in [0.2, 0.25) is 0 Å². The molecule has 1 fully saturated rings. The first-order valence-corrected chi connectivity index (χ1v) is 6.32. The third kappa shape index (κ3) is 3.23. The van der Waals surface area contributed by atoms with E-state index in [1.165, 1.54) is 0 Å². The molecule has 0 aromatic heterocycles. The number of rotatable bonds is 3. The Bertz CT molecular complexity index is 402. The number of aliphatic hydroxyl groups is 1. The molecule has 1 aliphatic carbocycles. The van der Waals surface area contributed by atoms with Gasteiger partial charge in [0, 0.05) is 11.6 Å². The number of carbonyl (C=O) groups is 1. The number of aliphatic hydroxyl groups excluding tert-OH is 1. The van der Waals surface area contributed by atoms with Gasteiger partial charge in [-0.25, -0.2) is 0 Å². The highest BCUT2D eigenvalue weighted by molar-refractivity contribution is 5.94. The molecule has 0 bridgehead atoms. The largest absolute Gasteiger partial charge is 0.497 e. The summed E-state index contributed by atoms with van der Waals surface area (Å²) >= 11 is 0. The van der Waals surface area contributed by atoms with Crippen molar-refractivity contribution in [2.24, 2.45) is 0 Å². The smallest absolute Gasteiger partial charge is 0.251 e. The van der Waals surface area contributed by atoms with E-state index in [9.17, 15) is 9.90 Å². The Morgan fingerprint density at radius 1 is 1.33 bits per heavy atom. The summed E-state index contributed by atoms with van der Waals surface area (Å²) < 4.78 is 5.05. The number of amides is 1. The maximum atomic E-state index is 12.0. The minimum atomic E-state index is -0.278. The van der Waals surface area contributed by atoms with E-state index in [1.807, 2.05) is 0 Å². The molecule has 0 saturated heterocycles. The Labute approximate surface area is 107 Å². The van der Waals surface area contributed by atoms with Crippen molar-refractivity contribution in [1.29, 1.82) is 0 Å². The summed E-state index contributed by atoms with van der Waals surface area (Å²) in [6.07, 6.45) is 3.13. The molecule has 2 rings (SSSR count). The maximum Gasteiger partial charge on any atom is 0.251 e. The lowest BCUT2D eigenvalue weighted by Crippen LogP contribution is -2.39. The van der Waals surface area contributed by atoms with Gasteiger partial charge in [-0.05, 0) is 49.9 Å². The minimum absolute atomic E-state index is 0.0863. The fourth-order valence-corrected chi connectivity index (χ4v) is 2.31. The van der Waals surface area contributed by atoms with Gasteiger partial charge >= 0.3 is 0 Å². The van der Waals surface area contributed by atoms with Crippen molar-refractivity contribution in [2.45, 2.75) is 37.8 Å². The molecule has 1 aromatic rings. The molecule has 0 radical (unpaired) electrons. The van der Waals surface area contributed by atoms with Crippen LogP contribution < -0.4 is 10.1 Å². The highest BCUT2D eigenvalue weighted by Crippen LogP contribution is 2.19. The molecule has 0 unspecified atom stereocenters. The highest BCUT2D eigenvalue weighted by Gasteiger charge is 2.21. The van der Waals surface area contributed by atoms with E-state index in [-0.39, 0.29) is 18.1 Å². The van der Waals surface area contributed by atoms with Crippen LogP contribution >= 0.6 is 0 Å². The molecule has 2 N–H and O–H groups in total. The molecule has 18 heavy (non-hydrogen) atoms. The van der Waals surface area contributed by atoms with Crippen molar-refractivity contribution >= 4 is 5.91 Å². The Morgan fingerprint density at radius 2 is 2.06 bits per heavy atom. The van der Waals surface area contributed by atoms with E-state index in [0.717, 1.165) is 25.0 Å². The summed E-state index contributed by atoms with van der Waals surface area (Å²) in [4.78, 5) is 12.0. The number of nitrogens with one attached hydrogen (secondary N) is 1. The van der Waals surface area contributed by atoms with Crippen LogP contribution in [0.15, 0.2) is 24.3 Å². The summed E-state index contributed by atoms with van der Waals surface area (Å²) in [6.45, 7) is 0. The van der Waals surface area contributed by atoms with Crippen LogP contribution in [-0.2, 0) is 0 Å². The maximum absolute atomic E-state index is 12.0. The van der Waals surface area contributed by atoms with Gasteiger partial charge in [-0.15, -0.1) is 0 Å². The van der Waals surface area contributed by atoms with Crippen LogP contribution in [0.5, 0.6) is 5.75 Å². The van der Waals surface area contributed by atoms with Gasteiger partial charge in [0.2, 0.25) is 0 Å². The van der Waals surface area contributed by atoms with Gasteiger partial charge in [0.1, 0.15) is 5.75 Å². The topological polar surface area (TPSA) is 58.6 Å². The Kier molecular flexibility index (Phi) is 4.20. The van der Waals surface area contributed by atoms with Crippen LogP contribution in [0.1, 0.15) is 36.0 Å². The number of carbonyl (C=O) groups excluding carboxylic acids is 1. The van der Waals surface area contributed by atoms with E-state index >= 15 is 0 Å². The number of methoxy groups -OCH3 is 1. The van der Waals surface area contributed by atoms with E-state index in [1.54, 1.807) is 31.4 Å². The lowest BCUT2D eigenvalue weighted by Gasteiger charge is -2.26. The van der Waals surface area contributed by atoms with Crippen LogP contribution in [0.3, 0.4) is 0 Å². The number of ether oxygens (including phenoxy) is 1. The molecule has 1 aliphatic rings. The van der Waals surface area contributed by atoms with Gasteiger partial charge in [0.05, 0.1) is 13.2 Å².